The van der Waals surface area contributed by atoms with Crippen molar-refractivity contribution in [3.05, 3.63) is 71.0 Å². The van der Waals surface area contributed by atoms with Gasteiger partial charge in [0.1, 0.15) is 5.82 Å². The number of hydrogen-bond donors (Lipinski definition) is 1. The van der Waals surface area contributed by atoms with Crippen molar-refractivity contribution in [2.24, 2.45) is 0 Å². The number of benzene rings is 2. The van der Waals surface area contributed by atoms with E-state index in [0.717, 1.165) is 6.54 Å². The molecule has 106 valence electrons. The molecule has 2 aromatic rings. The molecule has 3 heteroatoms. The first-order valence-electron chi connectivity index (χ1n) is 6.73. The van der Waals surface area contributed by atoms with Gasteiger partial charge in [0.05, 0.1) is 6.10 Å². The van der Waals surface area contributed by atoms with Gasteiger partial charge in [0.15, 0.2) is 0 Å². The lowest BCUT2D eigenvalue weighted by Crippen LogP contribution is -2.24. The summed E-state index contributed by atoms with van der Waals surface area (Å²) >= 11 is 0. The van der Waals surface area contributed by atoms with Crippen molar-refractivity contribution in [1.82, 2.24) is 4.90 Å². The van der Waals surface area contributed by atoms with Crippen LogP contribution in [0, 0.1) is 12.7 Å². The van der Waals surface area contributed by atoms with E-state index in [1.807, 2.05) is 30.1 Å². The first-order valence-corrected chi connectivity index (χ1v) is 6.73. The molecule has 0 aromatic heterocycles. The van der Waals surface area contributed by atoms with Crippen molar-refractivity contribution in [3.8, 4) is 0 Å². The van der Waals surface area contributed by atoms with Crippen LogP contribution in [-0.4, -0.2) is 23.6 Å². The number of likely N-dealkylation sites (N-methyl/N-ethyl adjacent to an activating group) is 1. The van der Waals surface area contributed by atoms with Crippen LogP contribution in [0.1, 0.15) is 22.8 Å². The number of aliphatic hydroxyl groups excluding tert-OH is 1. The molecule has 0 saturated heterocycles. The summed E-state index contributed by atoms with van der Waals surface area (Å²) in [6.07, 6.45) is -0.682. The Balaban J connectivity index is 1.96. The zero-order valence-electron chi connectivity index (χ0n) is 11.9. The molecule has 0 spiro atoms. The minimum absolute atomic E-state index is 0.271. The minimum atomic E-state index is -0.682. The second kappa shape index (κ2) is 6.64. The van der Waals surface area contributed by atoms with Crippen LogP contribution in [0.4, 0.5) is 4.39 Å². The highest BCUT2D eigenvalue weighted by atomic mass is 19.1. The van der Waals surface area contributed by atoms with Crippen LogP contribution in [0.2, 0.25) is 0 Å². The molecule has 20 heavy (non-hydrogen) atoms. The highest BCUT2D eigenvalue weighted by Crippen LogP contribution is 2.18. The Kier molecular flexibility index (Phi) is 4.88. The summed E-state index contributed by atoms with van der Waals surface area (Å²) < 4.78 is 13.5. The van der Waals surface area contributed by atoms with Gasteiger partial charge in [0.2, 0.25) is 0 Å². The van der Waals surface area contributed by atoms with Gasteiger partial charge in [-0.25, -0.2) is 4.39 Å². The average Bonchev–Trinajstić information content (AvgIpc) is 2.42. The Labute approximate surface area is 119 Å². The fraction of sp³-hybridized carbons (Fsp3) is 0.294. The van der Waals surface area contributed by atoms with Gasteiger partial charge in [-0.05, 0) is 36.7 Å². The van der Waals surface area contributed by atoms with Gasteiger partial charge in [0, 0.05) is 13.1 Å². The fourth-order valence-electron chi connectivity index (χ4n) is 2.18. The summed E-state index contributed by atoms with van der Waals surface area (Å²) in [5, 5.41) is 10.2. The lowest BCUT2D eigenvalue weighted by Gasteiger charge is -2.21. The number of aliphatic hydroxyl groups is 1. The van der Waals surface area contributed by atoms with Crippen LogP contribution in [0.5, 0.6) is 0 Å². The Hall–Kier alpha value is -1.71. The van der Waals surface area contributed by atoms with Crippen LogP contribution >= 0.6 is 0 Å². The molecule has 2 rings (SSSR count). The van der Waals surface area contributed by atoms with Crippen molar-refractivity contribution in [2.45, 2.75) is 19.6 Å². The van der Waals surface area contributed by atoms with E-state index in [-0.39, 0.29) is 5.82 Å². The fourth-order valence-corrected chi connectivity index (χ4v) is 2.18. The molecule has 0 aliphatic rings. The normalized spacial score (nSPS) is 12.7. The van der Waals surface area contributed by atoms with E-state index in [0.29, 0.717) is 17.7 Å². The molecule has 0 aliphatic heterocycles. The van der Waals surface area contributed by atoms with Crippen LogP contribution < -0.4 is 0 Å². The number of nitrogens with zero attached hydrogens (tertiary/aromatic N) is 1. The third-order valence-electron chi connectivity index (χ3n) is 3.36. The van der Waals surface area contributed by atoms with Gasteiger partial charge < -0.3 is 5.11 Å². The molecule has 0 saturated carbocycles. The predicted molar refractivity (Wildman–Crippen MR) is 78.9 cm³/mol. The van der Waals surface area contributed by atoms with Crippen molar-refractivity contribution < 1.29 is 9.50 Å². The number of rotatable bonds is 5. The zero-order valence-corrected chi connectivity index (χ0v) is 11.9. The summed E-state index contributed by atoms with van der Waals surface area (Å²) in [6, 6.07) is 15.0. The molecule has 1 unspecified atom stereocenters. The highest BCUT2D eigenvalue weighted by molar-refractivity contribution is 5.25. The molecule has 1 atom stereocenters. The first-order chi connectivity index (χ1) is 9.56. The van der Waals surface area contributed by atoms with Gasteiger partial charge in [0.25, 0.3) is 0 Å². The summed E-state index contributed by atoms with van der Waals surface area (Å²) in [5.41, 5.74) is 2.41. The second-order valence-electron chi connectivity index (χ2n) is 5.21. The molecule has 0 fully saturated rings. The lowest BCUT2D eigenvalue weighted by atomic mass is 10.1. The molecule has 2 aromatic carbocycles. The van der Waals surface area contributed by atoms with E-state index in [2.05, 4.69) is 12.1 Å². The summed E-state index contributed by atoms with van der Waals surface area (Å²) in [5.74, 6) is -0.271. The van der Waals surface area contributed by atoms with Gasteiger partial charge in [-0.3, -0.25) is 4.90 Å². The van der Waals surface area contributed by atoms with Crippen LogP contribution in [0.3, 0.4) is 0 Å². The van der Waals surface area contributed by atoms with E-state index >= 15 is 0 Å². The molecule has 0 aliphatic carbocycles. The highest BCUT2D eigenvalue weighted by Gasteiger charge is 2.12. The van der Waals surface area contributed by atoms with E-state index < -0.39 is 6.10 Å². The maximum atomic E-state index is 13.5. The molecule has 0 heterocycles. The maximum Gasteiger partial charge on any atom is 0.126 e. The van der Waals surface area contributed by atoms with Crippen LogP contribution in [-0.2, 0) is 6.54 Å². The van der Waals surface area contributed by atoms with Gasteiger partial charge in [-0.2, -0.15) is 0 Å². The van der Waals surface area contributed by atoms with E-state index in [1.54, 1.807) is 19.1 Å². The Morgan fingerprint density at radius 3 is 2.50 bits per heavy atom. The molecule has 0 amide bonds. The Bertz CT molecular complexity index is 556. The molecular weight excluding hydrogens is 253 g/mol. The van der Waals surface area contributed by atoms with E-state index in [9.17, 15) is 9.50 Å². The quantitative estimate of drug-likeness (QED) is 0.903. The SMILES string of the molecule is Cc1ccc(C(O)CN(C)Cc2ccccc2)cc1F. The summed E-state index contributed by atoms with van der Waals surface area (Å²) in [6.45, 7) is 2.94. The standard InChI is InChI=1S/C17H20FNO/c1-13-8-9-15(10-16(13)18)17(20)12-19(2)11-14-6-4-3-5-7-14/h3-10,17,20H,11-12H2,1-2H3. The van der Waals surface area contributed by atoms with Crippen molar-refractivity contribution in [2.75, 3.05) is 13.6 Å². The molecule has 0 bridgehead atoms. The summed E-state index contributed by atoms with van der Waals surface area (Å²) in [4.78, 5) is 2.03. The average molecular weight is 273 g/mol. The van der Waals surface area contributed by atoms with Gasteiger partial charge >= 0.3 is 0 Å². The van der Waals surface area contributed by atoms with Crippen molar-refractivity contribution in [3.63, 3.8) is 0 Å². The first kappa shape index (κ1) is 14.7. The Morgan fingerprint density at radius 1 is 1.15 bits per heavy atom. The third-order valence-corrected chi connectivity index (χ3v) is 3.36. The monoisotopic (exact) mass is 273 g/mol. The third kappa shape index (κ3) is 3.89. The van der Waals surface area contributed by atoms with Crippen molar-refractivity contribution >= 4 is 0 Å². The van der Waals surface area contributed by atoms with E-state index in [4.69, 9.17) is 0 Å². The maximum absolute atomic E-state index is 13.5. The Morgan fingerprint density at radius 2 is 1.85 bits per heavy atom. The number of aryl methyl sites for hydroxylation is 1. The zero-order chi connectivity index (χ0) is 14.5. The minimum Gasteiger partial charge on any atom is -0.387 e. The molecular formula is C17H20FNO. The molecule has 2 nitrogen and oxygen atoms in total. The topological polar surface area (TPSA) is 23.5 Å². The van der Waals surface area contributed by atoms with Crippen LogP contribution in [0.15, 0.2) is 48.5 Å². The van der Waals surface area contributed by atoms with Gasteiger partial charge in [-0.15, -0.1) is 0 Å². The largest absolute Gasteiger partial charge is 0.387 e. The van der Waals surface area contributed by atoms with Gasteiger partial charge in [-0.1, -0.05) is 42.5 Å². The summed E-state index contributed by atoms with van der Waals surface area (Å²) in [7, 11) is 1.95. The van der Waals surface area contributed by atoms with E-state index in [1.165, 1.54) is 11.6 Å². The predicted octanol–water partition coefficient (Wildman–Crippen LogP) is 3.30. The van der Waals surface area contributed by atoms with Crippen molar-refractivity contribution in [1.29, 1.82) is 0 Å². The number of hydrogen-bond acceptors (Lipinski definition) is 2. The number of halogens is 1. The lowest BCUT2D eigenvalue weighted by molar-refractivity contribution is 0.123. The molecule has 0 radical (unpaired) electrons. The second-order valence-corrected chi connectivity index (χ2v) is 5.21. The smallest absolute Gasteiger partial charge is 0.126 e. The molecule has 1 N–H and O–H groups in total. The van der Waals surface area contributed by atoms with Crippen LogP contribution in [0.25, 0.3) is 0 Å².